The average Bonchev–Trinajstić information content (AvgIpc) is 2.41. The molecular formula is C14H26N2OS. The number of amides is 1. The summed E-state index contributed by atoms with van der Waals surface area (Å²) in [7, 11) is 0. The highest BCUT2D eigenvalue weighted by Gasteiger charge is 2.16. The van der Waals surface area contributed by atoms with Crippen LogP contribution in [0.15, 0.2) is 0 Å². The van der Waals surface area contributed by atoms with Crippen LogP contribution < -0.4 is 10.6 Å². The Hall–Kier alpha value is -0.220. The fourth-order valence-corrected chi connectivity index (χ4v) is 4.07. The Morgan fingerprint density at radius 2 is 1.78 bits per heavy atom. The Balaban J connectivity index is 1.53. The van der Waals surface area contributed by atoms with Gasteiger partial charge in [-0.1, -0.05) is 19.3 Å². The van der Waals surface area contributed by atoms with E-state index in [2.05, 4.69) is 22.4 Å². The SMILES string of the molecule is O=C(CNCC1CCSCC1)NC1CCCCC1. The third-order valence-electron chi connectivity index (χ3n) is 4.03. The number of hydrogen-bond donors (Lipinski definition) is 2. The zero-order valence-electron chi connectivity index (χ0n) is 11.2. The van der Waals surface area contributed by atoms with Gasteiger partial charge in [0, 0.05) is 6.04 Å². The molecule has 2 N–H and O–H groups in total. The summed E-state index contributed by atoms with van der Waals surface area (Å²) < 4.78 is 0. The molecule has 0 atom stereocenters. The molecule has 1 saturated carbocycles. The molecule has 2 rings (SSSR count). The Labute approximate surface area is 115 Å². The Kier molecular flexibility index (Phi) is 6.35. The van der Waals surface area contributed by atoms with Crippen LogP contribution in [0.1, 0.15) is 44.9 Å². The van der Waals surface area contributed by atoms with Gasteiger partial charge >= 0.3 is 0 Å². The first-order valence-corrected chi connectivity index (χ1v) is 8.58. The summed E-state index contributed by atoms with van der Waals surface area (Å²) in [4.78, 5) is 11.8. The molecule has 1 amide bonds. The molecule has 1 heterocycles. The molecule has 0 aromatic carbocycles. The summed E-state index contributed by atoms with van der Waals surface area (Å²) in [5.74, 6) is 3.56. The predicted octanol–water partition coefficient (Wildman–Crippen LogP) is 2.17. The van der Waals surface area contributed by atoms with E-state index in [4.69, 9.17) is 0 Å². The summed E-state index contributed by atoms with van der Waals surface area (Å²) in [6, 6.07) is 0.444. The number of carbonyl (C=O) groups is 1. The Morgan fingerprint density at radius 3 is 2.50 bits per heavy atom. The first-order chi connectivity index (χ1) is 8.84. The van der Waals surface area contributed by atoms with E-state index < -0.39 is 0 Å². The third kappa shape index (κ3) is 5.19. The molecule has 4 heteroatoms. The van der Waals surface area contributed by atoms with Crippen molar-refractivity contribution in [1.29, 1.82) is 0 Å². The summed E-state index contributed by atoms with van der Waals surface area (Å²) >= 11 is 2.05. The molecule has 18 heavy (non-hydrogen) atoms. The normalized spacial score (nSPS) is 22.9. The molecular weight excluding hydrogens is 244 g/mol. The van der Waals surface area contributed by atoms with Crippen molar-refractivity contribution < 1.29 is 4.79 Å². The number of hydrogen-bond acceptors (Lipinski definition) is 3. The predicted molar refractivity (Wildman–Crippen MR) is 77.9 cm³/mol. The van der Waals surface area contributed by atoms with Crippen molar-refractivity contribution in [1.82, 2.24) is 10.6 Å². The quantitative estimate of drug-likeness (QED) is 0.804. The highest BCUT2D eigenvalue weighted by atomic mass is 32.2. The Morgan fingerprint density at radius 1 is 1.06 bits per heavy atom. The van der Waals surface area contributed by atoms with Gasteiger partial charge in [0.2, 0.25) is 5.91 Å². The fraction of sp³-hybridized carbons (Fsp3) is 0.929. The van der Waals surface area contributed by atoms with Gasteiger partial charge in [0.25, 0.3) is 0 Å². The first-order valence-electron chi connectivity index (χ1n) is 7.42. The van der Waals surface area contributed by atoms with Crippen LogP contribution in [0.4, 0.5) is 0 Å². The van der Waals surface area contributed by atoms with Gasteiger partial charge in [-0.25, -0.2) is 0 Å². The molecule has 0 aromatic heterocycles. The molecule has 104 valence electrons. The van der Waals surface area contributed by atoms with Crippen molar-refractivity contribution in [2.24, 2.45) is 5.92 Å². The maximum absolute atomic E-state index is 11.8. The fourth-order valence-electron chi connectivity index (χ4n) is 2.87. The lowest BCUT2D eigenvalue weighted by Crippen LogP contribution is -2.42. The molecule has 1 saturated heterocycles. The maximum atomic E-state index is 11.8. The number of rotatable bonds is 5. The van der Waals surface area contributed by atoms with Crippen molar-refractivity contribution in [3.8, 4) is 0 Å². The van der Waals surface area contributed by atoms with E-state index in [0.29, 0.717) is 12.6 Å². The molecule has 0 aromatic rings. The zero-order chi connectivity index (χ0) is 12.6. The average molecular weight is 270 g/mol. The van der Waals surface area contributed by atoms with E-state index in [1.54, 1.807) is 0 Å². The standard InChI is InChI=1S/C14H26N2OS/c17-14(16-13-4-2-1-3-5-13)11-15-10-12-6-8-18-9-7-12/h12-13,15H,1-11H2,(H,16,17). The lowest BCUT2D eigenvalue weighted by molar-refractivity contribution is -0.121. The minimum atomic E-state index is 0.187. The van der Waals surface area contributed by atoms with E-state index >= 15 is 0 Å². The molecule has 3 nitrogen and oxygen atoms in total. The minimum Gasteiger partial charge on any atom is -0.352 e. The van der Waals surface area contributed by atoms with E-state index in [1.165, 1.54) is 56.5 Å². The lowest BCUT2D eigenvalue weighted by Gasteiger charge is -2.24. The van der Waals surface area contributed by atoms with Crippen molar-refractivity contribution in [3.63, 3.8) is 0 Å². The monoisotopic (exact) mass is 270 g/mol. The van der Waals surface area contributed by atoms with E-state index in [9.17, 15) is 4.79 Å². The topological polar surface area (TPSA) is 41.1 Å². The largest absolute Gasteiger partial charge is 0.352 e. The minimum absolute atomic E-state index is 0.187. The summed E-state index contributed by atoms with van der Waals surface area (Å²) in [6.07, 6.45) is 8.85. The van der Waals surface area contributed by atoms with Crippen LogP contribution in [0.5, 0.6) is 0 Å². The van der Waals surface area contributed by atoms with E-state index in [1.807, 2.05) is 0 Å². The van der Waals surface area contributed by atoms with Crippen molar-refractivity contribution in [3.05, 3.63) is 0 Å². The first kappa shape index (κ1) is 14.2. The molecule has 0 spiro atoms. The van der Waals surface area contributed by atoms with Crippen molar-refractivity contribution >= 4 is 17.7 Å². The van der Waals surface area contributed by atoms with Crippen LogP contribution in [0, 0.1) is 5.92 Å². The summed E-state index contributed by atoms with van der Waals surface area (Å²) in [5, 5.41) is 6.47. The summed E-state index contributed by atoms with van der Waals surface area (Å²) in [6.45, 7) is 1.51. The number of nitrogens with one attached hydrogen (secondary N) is 2. The van der Waals surface area contributed by atoms with Crippen LogP contribution in [-0.4, -0.2) is 36.5 Å². The van der Waals surface area contributed by atoms with Gasteiger partial charge < -0.3 is 10.6 Å². The summed E-state index contributed by atoms with van der Waals surface area (Å²) in [5.41, 5.74) is 0. The molecule has 0 bridgehead atoms. The van der Waals surface area contributed by atoms with Crippen molar-refractivity contribution in [2.75, 3.05) is 24.6 Å². The molecule has 1 aliphatic heterocycles. The van der Waals surface area contributed by atoms with Gasteiger partial charge in [0.15, 0.2) is 0 Å². The smallest absolute Gasteiger partial charge is 0.234 e. The van der Waals surface area contributed by atoms with Crippen LogP contribution >= 0.6 is 11.8 Å². The second-order valence-corrected chi connectivity index (χ2v) is 6.81. The molecule has 2 aliphatic rings. The number of carbonyl (C=O) groups excluding carboxylic acids is 1. The maximum Gasteiger partial charge on any atom is 0.234 e. The Bertz CT molecular complexity index is 248. The highest BCUT2D eigenvalue weighted by molar-refractivity contribution is 7.99. The molecule has 2 fully saturated rings. The molecule has 0 radical (unpaired) electrons. The third-order valence-corrected chi connectivity index (χ3v) is 5.08. The van der Waals surface area contributed by atoms with Gasteiger partial charge in [-0.3, -0.25) is 4.79 Å². The van der Waals surface area contributed by atoms with Crippen LogP contribution in [0.2, 0.25) is 0 Å². The van der Waals surface area contributed by atoms with Crippen LogP contribution in [-0.2, 0) is 4.79 Å². The van der Waals surface area contributed by atoms with Gasteiger partial charge in [-0.05, 0) is 49.7 Å². The van der Waals surface area contributed by atoms with E-state index in [0.717, 1.165) is 12.5 Å². The lowest BCUT2D eigenvalue weighted by atomic mass is 9.95. The van der Waals surface area contributed by atoms with Gasteiger partial charge in [-0.15, -0.1) is 0 Å². The zero-order valence-corrected chi connectivity index (χ0v) is 12.1. The number of thioether (sulfide) groups is 1. The van der Waals surface area contributed by atoms with Gasteiger partial charge in [-0.2, -0.15) is 11.8 Å². The van der Waals surface area contributed by atoms with E-state index in [-0.39, 0.29) is 5.91 Å². The van der Waals surface area contributed by atoms with Gasteiger partial charge in [0.1, 0.15) is 0 Å². The second-order valence-electron chi connectivity index (χ2n) is 5.59. The van der Waals surface area contributed by atoms with Crippen LogP contribution in [0.3, 0.4) is 0 Å². The second kappa shape index (κ2) is 8.05. The highest BCUT2D eigenvalue weighted by Crippen LogP contribution is 2.21. The molecule has 0 unspecified atom stereocenters. The van der Waals surface area contributed by atoms with Crippen LogP contribution in [0.25, 0.3) is 0 Å². The van der Waals surface area contributed by atoms with Crippen molar-refractivity contribution in [2.45, 2.75) is 51.0 Å². The van der Waals surface area contributed by atoms with Gasteiger partial charge in [0.05, 0.1) is 6.54 Å². The molecule has 1 aliphatic carbocycles.